The minimum atomic E-state index is -0.585. The van der Waals surface area contributed by atoms with Gasteiger partial charge in [0.2, 0.25) is 0 Å². The predicted octanol–water partition coefficient (Wildman–Crippen LogP) is 1.95. The van der Waals surface area contributed by atoms with Crippen LogP contribution in [0, 0.1) is 0 Å². The highest BCUT2D eigenvalue weighted by Crippen LogP contribution is 2.24. The van der Waals surface area contributed by atoms with E-state index in [0.29, 0.717) is 10.0 Å². The van der Waals surface area contributed by atoms with Gasteiger partial charge in [-0.2, -0.15) is 0 Å². The smallest absolute Gasteiger partial charge is 0.358 e. The number of nitrogens with one attached hydrogen (secondary N) is 1. The van der Waals surface area contributed by atoms with Gasteiger partial charge in [0, 0.05) is 13.0 Å². The first kappa shape index (κ1) is 12.6. The molecule has 0 aromatic carbocycles. The Morgan fingerprint density at radius 2 is 2.06 bits per heavy atom. The molecule has 0 unspecified atom stereocenters. The molecule has 0 aliphatic heterocycles. The first-order chi connectivity index (χ1) is 7.45. The molecule has 16 heavy (non-hydrogen) atoms. The van der Waals surface area contributed by atoms with Gasteiger partial charge in [0.15, 0.2) is 16.6 Å². The van der Waals surface area contributed by atoms with Crippen LogP contribution in [0.2, 0.25) is 0 Å². The Hall–Kier alpha value is -1.43. The van der Waals surface area contributed by atoms with Crippen LogP contribution in [-0.2, 0) is 4.74 Å². The summed E-state index contributed by atoms with van der Waals surface area (Å²) in [6.45, 7) is 5.30. The number of thiazole rings is 1. The van der Waals surface area contributed by atoms with E-state index in [1.165, 1.54) is 25.4 Å². The van der Waals surface area contributed by atoms with Crippen molar-refractivity contribution < 1.29 is 14.3 Å². The van der Waals surface area contributed by atoms with Gasteiger partial charge in [0.25, 0.3) is 0 Å². The van der Waals surface area contributed by atoms with Gasteiger partial charge in [-0.1, -0.05) is 11.3 Å². The van der Waals surface area contributed by atoms with Crippen molar-refractivity contribution in [3.05, 3.63) is 10.6 Å². The number of Topliss-reactive ketones (excluding diaryl/α,β-unsaturated/α-hetero) is 1. The molecule has 0 amide bonds. The van der Waals surface area contributed by atoms with Crippen molar-refractivity contribution in [3.8, 4) is 0 Å². The number of rotatable bonds is 4. The second-order valence-electron chi connectivity index (χ2n) is 3.54. The molecule has 6 heteroatoms. The monoisotopic (exact) mass is 242 g/mol. The van der Waals surface area contributed by atoms with Crippen molar-refractivity contribution >= 4 is 28.2 Å². The van der Waals surface area contributed by atoms with E-state index in [1.807, 2.05) is 13.8 Å². The Balaban J connectivity index is 3.10. The highest BCUT2D eigenvalue weighted by molar-refractivity contribution is 7.17. The molecule has 1 aromatic heterocycles. The van der Waals surface area contributed by atoms with Crippen molar-refractivity contribution in [2.45, 2.75) is 26.8 Å². The molecule has 0 aliphatic carbocycles. The predicted molar refractivity (Wildman–Crippen MR) is 62.2 cm³/mol. The van der Waals surface area contributed by atoms with Gasteiger partial charge < -0.3 is 10.1 Å². The van der Waals surface area contributed by atoms with E-state index >= 15 is 0 Å². The maximum Gasteiger partial charge on any atom is 0.358 e. The zero-order valence-corrected chi connectivity index (χ0v) is 10.5. The van der Waals surface area contributed by atoms with E-state index in [9.17, 15) is 9.59 Å². The van der Waals surface area contributed by atoms with E-state index in [1.54, 1.807) is 0 Å². The number of hydrogen-bond acceptors (Lipinski definition) is 6. The van der Waals surface area contributed by atoms with E-state index in [0.717, 1.165) is 0 Å². The first-order valence-electron chi connectivity index (χ1n) is 4.82. The zero-order chi connectivity index (χ0) is 12.3. The Morgan fingerprint density at radius 1 is 1.44 bits per heavy atom. The van der Waals surface area contributed by atoms with Crippen LogP contribution in [0.4, 0.5) is 5.13 Å². The summed E-state index contributed by atoms with van der Waals surface area (Å²) in [5, 5.41) is 3.60. The lowest BCUT2D eigenvalue weighted by atomic mass is 10.3. The number of ketones is 1. The molecule has 0 radical (unpaired) electrons. The summed E-state index contributed by atoms with van der Waals surface area (Å²) in [5.41, 5.74) is 0.0863. The summed E-state index contributed by atoms with van der Waals surface area (Å²) >= 11 is 1.17. The number of ether oxygens (including phenoxy) is 1. The molecule has 0 saturated carbocycles. The third kappa shape index (κ3) is 2.79. The number of carbonyl (C=O) groups is 2. The Kier molecular flexibility index (Phi) is 4.00. The topological polar surface area (TPSA) is 68.3 Å². The van der Waals surface area contributed by atoms with E-state index in [2.05, 4.69) is 15.0 Å². The molecule has 0 atom stereocenters. The highest BCUT2D eigenvalue weighted by atomic mass is 32.1. The van der Waals surface area contributed by atoms with E-state index in [4.69, 9.17) is 0 Å². The lowest BCUT2D eigenvalue weighted by Crippen LogP contribution is -2.10. The third-order valence-corrected chi connectivity index (χ3v) is 2.83. The molecule has 1 aromatic rings. The summed E-state index contributed by atoms with van der Waals surface area (Å²) in [6, 6.07) is 0.191. The Morgan fingerprint density at radius 3 is 2.50 bits per heavy atom. The SMILES string of the molecule is COC(=O)c1nc(NC(C)C)sc1C(C)=O. The fourth-order valence-corrected chi connectivity index (χ4v) is 2.10. The van der Waals surface area contributed by atoms with Gasteiger partial charge in [-0.3, -0.25) is 4.79 Å². The van der Waals surface area contributed by atoms with Crippen LogP contribution in [0.15, 0.2) is 0 Å². The van der Waals surface area contributed by atoms with Crippen LogP contribution < -0.4 is 5.32 Å². The molecule has 1 heterocycles. The standard InChI is InChI=1S/C10H14N2O3S/c1-5(2)11-10-12-7(9(14)15-4)8(16-10)6(3)13/h5H,1-4H3,(H,11,12). The van der Waals surface area contributed by atoms with Crippen LogP contribution in [-0.4, -0.2) is 29.9 Å². The maximum atomic E-state index is 11.4. The summed E-state index contributed by atoms with van der Waals surface area (Å²) < 4.78 is 4.57. The molecule has 5 nitrogen and oxygen atoms in total. The van der Waals surface area contributed by atoms with Crippen LogP contribution in [0.3, 0.4) is 0 Å². The zero-order valence-electron chi connectivity index (χ0n) is 9.66. The average Bonchev–Trinajstić information content (AvgIpc) is 2.59. The van der Waals surface area contributed by atoms with Crippen molar-refractivity contribution in [3.63, 3.8) is 0 Å². The summed E-state index contributed by atoms with van der Waals surface area (Å²) in [4.78, 5) is 27.1. The minimum Gasteiger partial charge on any atom is -0.464 e. The molecular weight excluding hydrogens is 228 g/mol. The van der Waals surface area contributed by atoms with Crippen molar-refractivity contribution in [1.29, 1.82) is 0 Å². The highest BCUT2D eigenvalue weighted by Gasteiger charge is 2.21. The minimum absolute atomic E-state index is 0.0863. The number of carbonyl (C=O) groups excluding carboxylic acids is 2. The first-order valence-corrected chi connectivity index (χ1v) is 5.64. The van der Waals surface area contributed by atoms with Crippen LogP contribution in [0.5, 0.6) is 0 Å². The fraction of sp³-hybridized carbons (Fsp3) is 0.500. The normalized spacial score (nSPS) is 10.3. The molecule has 1 N–H and O–H groups in total. The lowest BCUT2D eigenvalue weighted by molar-refractivity contribution is 0.0591. The molecule has 0 aliphatic rings. The molecule has 0 saturated heterocycles. The second-order valence-corrected chi connectivity index (χ2v) is 4.54. The van der Waals surface area contributed by atoms with Gasteiger partial charge in [-0.15, -0.1) is 0 Å². The molecule has 0 bridgehead atoms. The van der Waals surface area contributed by atoms with Crippen LogP contribution in [0.25, 0.3) is 0 Å². The van der Waals surface area contributed by atoms with Gasteiger partial charge in [0.1, 0.15) is 4.88 Å². The molecule has 1 rings (SSSR count). The number of aromatic nitrogens is 1. The number of methoxy groups -OCH3 is 1. The summed E-state index contributed by atoms with van der Waals surface area (Å²) in [5.74, 6) is -0.770. The van der Waals surface area contributed by atoms with Crippen molar-refractivity contribution in [1.82, 2.24) is 4.98 Å². The van der Waals surface area contributed by atoms with Crippen molar-refractivity contribution in [2.75, 3.05) is 12.4 Å². The summed E-state index contributed by atoms with van der Waals surface area (Å²) in [6.07, 6.45) is 0. The number of hydrogen-bond donors (Lipinski definition) is 1. The maximum absolute atomic E-state index is 11.4. The molecule has 0 fully saturated rings. The van der Waals surface area contributed by atoms with E-state index < -0.39 is 5.97 Å². The average molecular weight is 242 g/mol. The van der Waals surface area contributed by atoms with Gasteiger partial charge in [-0.05, 0) is 13.8 Å². The van der Waals surface area contributed by atoms with E-state index in [-0.39, 0.29) is 17.5 Å². The number of nitrogens with zero attached hydrogens (tertiary/aromatic N) is 1. The molecule has 0 spiro atoms. The Bertz CT molecular complexity index is 412. The second kappa shape index (κ2) is 5.07. The molecule has 88 valence electrons. The van der Waals surface area contributed by atoms with Gasteiger partial charge in [-0.25, -0.2) is 9.78 Å². The lowest BCUT2D eigenvalue weighted by Gasteiger charge is -2.03. The van der Waals surface area contributed by atoms with Crippen LogP contribution >= 0.6 is 11.3 Å². The van der Waals surface area contributed by atoms with Crippen LogP contribution in [0.1, 0.15) is 40.9 Å². The largest absolute Gasteiger partial charge is 0.464 e. The van der Waals surface area contributed by atoms with Crippen molar-refractivity contribution in [2.24, 2.45) is 0 Å². The quantitative estimate of drug-likeness (QED) is 0.645. The summed E-state index contributed by atoms with van der Waals surface area (Å²) in [7, 11) is 1.27. The number of anilines is 1. The fourth-order valence-electron chi connectivity index (χ4n) is 1.10. The van der Waals surface area contributed by atoms with Gasteiger partial charge >= 0.3 is 5.97 Å². The Labute approximate surface area is 97.8 Å². The van der Waals surface area contributed by atoms with Gasteiger partial charge in [0.05, 0.1) is 7.11 Å². The third-order valence-electron chi connectivity index (χ3n) is 1.74. The number of esters is 1. The molecular formula is C10H14N2O3S.